The minimum atomic E-state index is -3.45. The van der Waals surface area contributed by atoms with E-state index >= 15 is 0 Å². The molecule has 1 heterocycles. The highest BCUT2D eigenvalue weighted by molar-refractivity contribution is 7.92. The number of sulfonamides is 1. The van der Waals surface area contributed by atoms with Gasteiger partial charge in [0, 0.05) is 38.0 Å². The molecule has 2 aliphatic carbocycles. The molecule has 4 rings (SSSR count). The van der Waals surface area contributed by atoms with Gasteiger partial charge in [-0.25, -0.2) is 8.42 Å². The van der Waals surface area contributed by atoms with Gasteiger partial charge in [0.15, 0.2) is 0 Å². The summed E-state index contributed by atoms with van der Waals surface area (Å²) in [6.07, 6.45) is 7.46. The number of amides is 1. The van der Waals surface area contributed by atoms with Gasteiger partial charge >= 0.3 is 0 Å². The Morgan fingerprint density at radius 3 is 2.41 bits per heavy atom. The van der Waals surface area contributed by atoms with Gasteiger partial charge in [-0.1, -0.05) is 36.8 Å². The van der Waals surface area contributed by atoms with Crippen LogP contribution in [0.3, 0.4) is 0 Å². The summed E-state index contributed by atoms with van der Waals surface area (Å²) in [6.45, 7) is 1.75. The molecule has 2 saturated carbocycles. The summed E-state index contributed by atoms with van der Waals surface area (Å²) >= 11 is 0. The quantitative estimate of drug-likeness (QED) is 0.779. The van der Waals surface area contributed by atoms with Gasteiger partial charge in [-0.3, -0.25) is 4.79 Å². The number of piperazine rings is 1. The van der Waals surface area contributed by atoms with Gasteiger partial charge in [0.25, 0.3) is 0 Å². The standard InChI is InChI=1S/C21H28N2O3S/c24-21(16-20-15-18-6-7-19(20)14-18)22-9-11-23(12-10-22)27(25,26)13-8-17-4-2-1-3-5-17/h1-5,8,13,18-20H,6-7,9-12,14-16H2/b13-8+/t18-,19-,20+/m1/s1. The zero-order valence-corrected chi connectivity index (χ0v) is 16.5. The van der Waals surface area contributed by atoms with E-state index in [9.17, 15) is 13.2 Å². The van der Waals surface area contributed by atoms with Crippen molar-refractivity contribution < 1.29 is 13.2 Å². The number of fused-ring (bicyclic) bond motifs is 2. The Balaban J connectivity index is 1.29. The van der Waals surface area contributed by atoms with Crippen LogP contribution in [0.1, 0.15) is 37.7 Å². The van der Waals surface area contributed by atoms with E-state index in [1.807, 2.05) is 35.2 Å². The van der Waals surface area contributed by atoms with E-state index in [-0.39, 0.29) is 5.91 Å². The maximum absolute atomic E-state index is 12.6. The molecular formula is C21H28N2O3S. The monoisotopic (exact) mass is 388 g/mol. The first-order valence-electron chi connectivity index (χ1n) is 10.0. The van der Waals surface area contributed by atoms with Gasteiger partial charge in [0.1, 0.15) is 0 Å². The second kappa shape index (κ2) is 7.76. The molecule has 146 valence electrons. The van der Waals surface area contributed by atoms with Gasteiger partial charge < -0.3 is 4.90 Å². The number of carbonyl (C=O) groups excluding carboxylic acids is 1. The highest BCUT2D eigenvalue weighted by Gasteiger charge is 2.41. The van der Waals surface area contributed by atoms with Crippen molar-refractivity contribution in [1.29, 1.82) is 0 Å². The van der Waals surface area contributed by atoms with Crippen LogP contribution in [0.15, 0.2) is 35.7 Å². The maximum Gasteiger partial charge on any atom is 0.236 e. The fraction of sp³-hybridized carbons (Fsp3) is 0.571. The van der Waals surface area contributed by atoms with E-state index < -0.39 is 10.0 Å². The lowest BCUT2D eigenvalue weighted by Crippen LogP contribution is -2.50. The fourth-order valence-electron chi connectivity index (χ4n) is 4.99. The molecule has 3 atom stereocenters. The van der Waals surface area contributed by atoms with Crippen LogP contribution in [0.4, 0.5) is 0 Å². The third-order valence-corrected chi connectivity index (χ3v) is 8.07. The minimum absolute atomic E-state index is 0.212. The van der Waals surface area contributed by atoms with Crippen LogP contribution >= 0.6 is 0 Å². The molecule has 1 saturated heterocycles. The zero-order valence-electron chi connectivity index (χ0n) is 15.7. The summed E-state index contributed by atoms with van der Waals surface area (Å²) in [5.41, 5.74) is 0.862. The normalized spacial score (nSPS) is 28.9. The molecule has 1 amide bonds. The average molecular weight is 389 g/mol. The van der Waals surface area contributed by atoms with Crippen LogP contribution in [0.5, 0.6) is 0 Å². The molecule has 1 aromatic rings. The first kappa shape index (κ1) is 18.7. The molecule has 27 heavy (non-hydrogen) atoms. The molecule has 3 fully saturated rings. The van der Waals surface area contributed by atoms with Crippen LogP contribution in [-0.4, -0.2) is 49.7 Å². The molecule has 0 aromatic heterocycles. The summed E-state index contributed by atoms with van der Waals surface area (Å²) < 4.78 is 26.6. The average Bonchev–Trinajstić information content (AvgIpc) is 3.30. The third-order valence-electron chi connectivity index (χ3n) is 6.50. The second-order valence-corrected chi connectivity index (χ2v) is 10.00. The highest BCUT2D eigenvalue weighted by atomic mass is 32.2. The predicted octanol–water partition coefficient (Wildman–Crippen LogP) is 2.96. The molecule has 5 nitrogen and oxygen atoms in total. The van der Waals surface area contributed by atoms with Crippen LogP contribution in [0, 0.1) is 17.8 Å². The Morgan fingerprint density at radius 1 is 1.04 bits per heavy atom. The SMILES string of the molecule is O=C(C[C@@H]1C[C@@H]2CC[C@@H]1C2)N1CCN(S(=O)(=O)/C=C/c2ccccc2)CC1. The summed E-state index contributed by atoms with van der Waals surface area (Å²) in [5, 5.41) is 1.27. The Labute approximate surface area is 162 Å². The number of nitrogens with zero attached hydrogens (tertiary/aromatic N) is 2. The summed E-state index contributed by atoms with van der Waals surface area (Å²) in [4.78, 5) is 14.5. The van der Waals surface area contributed by atoms with Gasteiger partial charge in [0.2, 0.25) is 15.9 Å². The lowest BCUT2D eigenvalue weighted by molar-refractivity contribution is -0.133. The van der Waals surface area contributed by atoms with Crippen molar-refractivity contribution in [3.8, 4) is 0 Å². The molecule has 0 unspecified atom stereocenters. The summed E-state index contributed by atoms with van der Waals surface area (Å²) in [5.74, 6) is 2.38. The van der Waals surface area contributed by atoms with Gasteiger partial charge in [-0.15, -0.1) is 0 Å². The maximum atomic E-state index is 12.6. The topological polar surface area (TPSA) is 57.7 Å². The van der Waals surface area contributed by atoms with E-state index in [4.69, 9.17) is 0 Å². The molecule has 1 aromatic carbocycles. The molecular weight excluding hydrogens is 360 g/mol. The summed E-state index contributed by atoms with van der Waals surface area (Å²) in [6, 6.07) is 9.41. The number of carbonyl (C=O) groups is 1. The van der Waals surface area contributed by atoms with Crippen molar-refractivity contribution in [2.75, 3.05) is 26.2 Å². The van der Waals surface area contributed by atoms with Crippen molar-refractivity contribution in [2.24, 2.45) is 17.8 Å². The van der Waals surface area contributed by atoms with E-state index in [1.165, 1.54) is 35.4 Å². The molecule has 0 N–H and O–H groups in total. The van der Waals surface area contributed by atoms with Crippen LogP contribution in [0.2, 0.25) is 0 Å². The minimum Gasteiger partial charge on any atom is -0.340 e. The fourth-order valence-corrected chi connectivity index (χ4v) is 6.16. The van der Waals surface area contributed by atoms with Gasteiger partial charge in [-0.2, -0.15) is 4.31 Å². The molecule has 6 heteroatoms. The van der Waals surface area contributed by atoms with E-state index in [1.54, 1.807) is 6.08 Å². The van der Waals surface area contributed by atoms with Gasteiger partial charge in [0.05, 0.1) is 0 Å². The van der Waals surface area contributed by atoms with E-state index in [2.05, 4.69) is 0 Å². The molecule has 3 aliphatic rings. The van der Waals surface area contributed by atoms with Gasteiger partial charge in [-0.05, 0) is 48.7 Å². The lowest BCUT2D eigenvalue weighted by Gasteiger charge is -2.34. The third kappa shape index (κ3) is 4.27. The smallest absolute Gasteiger partial charge is 0.236 e. The Hall–Kier alpha value is -1.66. The van der Waals surface area contributed by atoms with Crippen LogP contribution < -0.4 is 0 Å². The van der Waals surface area contributed by atoms with Crippen molar-refractivity contribution in [3.05, 3.63) is 41.3 Å². The lowest BCUT2D eigenvalue weighted by atomic mass is 9.86. The Kier molecular flexibility index (Phi) is 5.37. The highest BCUT2D eigenvalue weighted by Crippen LogP contribution is 2.49. The Morgan fingerprint density at radius 2 is 1.78 bits per heavy atom. The Bertz CT molecular complexity index is 798. The molecule has 0 spiro atoms. The predicted molar refractivity (Wildman–Crippen MR) is 106 cm³/mol. The van der Waals surface area contributed by atoms with Crippen molar-refractivity contribution in [1.82, 2.24) is 9.21 Å². The number of rotatable bonds is 5. The number of benzene rings is 1. The zero-order chi connectivity index (χ0) is 18.9. The van der Waals surface area contributed by atoms with Crippen LogP contribution in [-0.2, 0) is 14.8 Å². The van der Waals surface area contributed by atoms with Crippen molar-refractivity contribution in [3.63, 3.8) is 0 Å². The second-order valence-electron chi connectivity index (χ2n) is 8.18. The largest absolute Gasteiger partial charge is 0.340 e. The molecule has 0 radical (unpaired) electrons. The number of hydrogen-bond acceptors (Lipinski definition) is 3. The number of hydrogen-bond donors (Lipinski definition) is 0. The first-order valence-corrected chi connectivity index (χ1v) is 11.5. The summed E-state index contributed by atoms with van der Waals surface area (Å²) in [7, 11) is -3.45. The molecule has 2 bridgehead atoms. The van der Waals surface area contributed by atoms with Crippen molar-refractivity contribution in [2.45, 2.75) is 32.1 Å². The molecule has 1 aliphatic heterocycles. The van der Waals surface area contributed by atoms with Crippen LogP contribution in [0.25, 0.3) is 6.08 Å². The van der Waals surface area contributed by atoms with E-state index in [0.29, 0.717) is 38.5 Å². The first-order chi connectivity index (χ1) is 13.0. The van der Waals surface area contributed by atoms with E-state index in [0.717, 1.165) is 17.4 Å². The van der Waals surface area contributed by atoms with Crippen molar-refractivity contribution >= 4 is 22.0 Å².